The molecule has 0 aliphatic rings. The average Bonchev–Trinajstić information content (AvgIpc) is 2.24. The number of amides is 1. The monoisotopic (exact) mass is 231 g/mol. The van der Waals surface area contributed by atoms with Crippen molar-refractivity contribution in [3.05, 3.63) is 35.4 Å². The molecule has 0 saturated heterocycles. The van der Waals surface area contributed by atoms with Gasteiger partial charge in [-0.1, -0.05) is 31.2 Å². The first kappa shape index (κ1) is 12.5. The summed E-state index contributed by atoms with van der Waals surface area (Å²) in [6.45, 7) is 1.81. The molecule has 0 saturated carbocycles. The fraction of sp³-hybridized carbons (Fsp3) is 0.364. The van der Waals surface area contributed by atoms with Crippen molar-refractivity contribution in [3.63, 3.8) is 0 Å². The van der Waals surface area contributed by atoms with E-state index in [1.165, 1.54) is 0 Å². The summed E-state index contributed by atoms with van der Waals surface area (Å²) < 4.78 is 35.8. The Bertz CT molecular complexity index is 374. The second-order valence-electron chi connectivity index (χ2n) is 3.30. The van der Waals surface area contributed by atoms with Crippen molar-refractivity contribution in [1.82, 2.24) is 5.32 Å². The third kappa shape index (κ3) is 3.25. The topological polar surface area (TPSA) is 29.1 Å². The number of aryl methyl sites for hydroxylation is 1. The van der Waals surface area contributed by atoms with Crippen LogP contribution in [-0.2, 0) is 17.8 Å². The van der Waals surface area contributed by atoms with E-state index in [4.69, 9.17) is 0 Å². The molecule has 1 rings (SSSR count). The number of rotatable bonds is 3. The maximum Gasteiger partial charge on any atom is 0.471 e. The first-order valence-corrected chi connectivity index (χ1v) is 4.87. The van der Waals surface area contributed by atoms with Gasteiger partial charge in [0.25, 0.3) is 0 Å². The van der Waals surface area contributed by atoms with Crippen LogP contribution in [0.5, 0.6) is 0 Å². The Hall–Kier alpha value is -1.52. The van der Waals surface area contributed by atoms with Crippen LogP contribution in [0.1, 0.15) is 18.1 Å². The van der Waals surface area contributed by atoms with Crippen molar-refractivity contribution in [1.29, 1.82) is 0 Å². The third-order valence-corrected chi connectivity index (χ3v) is 2.20. The van der Waals surface area contributed by atoms with E-state index in [1.54, 1.807) is 12.1 Å². The van der Waals surface area contributed by atoms with E-state index in [0.717, 1.165) is 12.0 Å². The highest BCUT2D eigenvalue weighted by atomic mass is 19.4. The summed E-state index contributed by atoms with van der Waals surface area (Å²) in [4.78, 5) is 10.6. The van der Waals surface area contributed by atoms with Crippen LogP contribution in [0.2, 0.25) is 0 Å². The van der Waals surface area contributed by atoms with E-state index in [-0.39, 0.29) is 6.54 Å². The Morgan fingerprint density at radius 2 is 1.81 bits per heavy atom. The zero-order valence-electron chi connectivity index (χ0n) is 8.77. The lowest BCUT2D eigenvalue weighted by molar-refractivity contribution is -0.173. The van der Waals surface area contributed by atoms with E-state index in [9.17, 15) is 18.0 Å². The largest absolute Gasteiger partial charge is 0.471 e. The summed E-state index contributed by atoms with van der Waals surface area (Å²) >= 11 is 0. The van der Waals surface area contributed by atoms with E-state index in [2.05, 4.69) is 0 Å². The van der Waals surface area contributed by atoms with Gasteiger partial charge in [0.2, 0.25) is 0 Å². The highest BCUT2D eigenvalue weighted by molar-refractivity contribution is 5.81. The van der Waals surface area contributed by atoms with Crippen LogP contribution in [0, 0.1) is 0 Å². The van der Waals surface area contributed by atoms with Gasteiger partial charge in [0.1, 0.15) is 0 Å². The van der Waals surface area contributed by atoms with Gasteiger partial charge < -0.3 is 5.32 Å². The van der Waals surface area contributed by atoms with Gasteiger partial charge in [-0.05, 0) is 17.5 Å². The zero-order chi connectivity index (χ0) is 12.2. The van der Waals surface area contributed by atoms with E-state index in [1.807, 2.05) is 24.4 Å². The molecule has 0 bridgehead atoms. The average molecular weight is 231 g/mol. The molecule has 88 valence electrons. The quantitative estimate of drug-likeness (QED) is 0.850. The highest BCUT2D eigenvalue weighted by Crippen LogP contribution is 2.15. The minimum absolute atomic E-state index is 0.0949. The standard InChI is InChI=1S/C11H12F3NO/c1-2-8-5-3-4-6-9(8)7-15-10(16)11(12,13)14/h3-6H,2,7H2,1H3,(H,15,16). The molecule has 0 radical (unpaired) electrons. The SMILES string of the molecule is CCc1ccccc1CNC(=O)C(F)(F)F. The summed E-state index contributed by atoms with van der Waals surface area (Å²) in [6.07, 6.45) is -4.10. The lowest BCUT2D eigenvalue weighted by Gasteiger charge is -2.10. The van der Waals surface area contributed by atoms with Crippen LogP contribution in [0.25, 0.3) is 0 Å². The molecule has 0 aliphatic carbocycles. The van der Waals surface area contributed by atoms with Gasteiger partial charge in [-0.15, -0.1) is 0 Å². The van der Waals surface area contributed by atoms with Gasteiger partial charge in [-0.2, -0.15) is 13.2 Å². The predicted octanol–water partition coefficient (Wildman–Crippen LogP) is 2.43. The van der Waals surface area contributed by atoms with Crippen LogP contribution < -0.4 is 5.32 Å². The Labute approximate surface area is 91.5 Å². The zero-order valence-corrected chi connectivity index (χ0v) is 8.77. The van der Waals surface area contributed by atoms with Crippen molar-refractivity contribution >= 4 is 5.91 Å². The first-order valence-electron chi connectivity index (χ1n) is 4.87. The van der Waals surface area contributed by atoms with Crippen LogP contribution >= 0.6 is 0 Å². The fourth-order valence-corrected chi connectivity index (χ4v) is 1.35. The second kappa shape index (κ2) is 5.01. The molecular formula is C11H12F3NO. The van der Waals surface area contributed by atoms with Gasteiger partial charge in [-0.25, -0.2) is 0 Å². The summed E-state index contributed by atoms with van der Waals surface area (Å²) in [5, 5.41) is 1.85. The maximum absolute atomic E-state index is 11.9. The first-order chi connectivity index (χ1) is 7.45. The van der Waals surface area contributed by atoms with E-state index >= 15 is 0 Å². The van der Waals surface area contributed by atoms with Gasteiger partial charge in [0.05, 0.1) is 0 Å². The van der Waals surface area contributed by atoms with Crippen molar-refractivity contribution in [2.45, 2.75) is 26.1 Å². The van der Waals surface area contributed by atoms with Crippen LogP contribution in [-0.4, -0.2) is 12.1 Å². The Morgan fingerprint density at radius 1 is 1.25 bits per heavy atom. The number of carbonyl (C=O) groups is 1. The Kier molecular flexibility index (Phi) is 3.93. The number of alkyl halides is 3. The molecule has 1 aromatic carbocycles. The van der Waals surface area contributed by atoms with Crippen molar-refractivity contribution < 1.29 is 18.0 Å². The van der Waals surface area contributed by atoms with Crippen LogP contribution in [0.3, 0.4) is 0 Å². The summed E-state index contributed by atoms with van der Waals surface area (Å²) in [7, 11) is 0. The smallest absolute Gasteiger partial charge is 0.344 e. The second-order valence-corrected chi connectivity index (χ2v) is 3.30. The molecular weight excluding hydrogens is 219 g/mol. The van der Waals surface area contributed by atoms with Gasteiger partial charge in [0.15, 0.2) is 0 Å². The molecule has 5 heteroatoms. The lowest BCUT2D eigenvalue weighted by Crippen LogP contribution is -2.36. The Balaban J connectivity index is 2.65. The highest BCUT2D eigenvalue weighted by Gasteiger charge is 2.38. The number of carbonyl (C=O) groups excluding carboxylic acids is 1. The lowest BCUT2D eigenvalue weighted by atomic mass is 10.1. The van der Waals surface area contributed by atoms with Crippen molar-refractivity contribution in [2.75, 3.05) is 0 Å². The maximum atomic E-state index is 11.9. The number of benzene rings is 1. The number of nitrogens with one attached hydrogen (secondary N) is 1. The molecule has 1 aromatic rings. The summed E-state index contributed by atoms with van der Waals surface area (Å²) in [6, 6.07) is 7.08. The molecule has 2 nitrogen and oxygen atoms in total. The number of hydrogen-bond acceptors (Lipinski definition) is 1. The predicted molar refractivity (Wildman–Crippen MR) is 53.7 cm³/mol. The van der Waals surface area contributed by atoms with Gasteiger partial charge in [0, 0.05) is 6.54 Å². The molecule has 1 amide bonds. The normalized spacial score (nSPS) is 11.2. The molecule has 0 fully saturated rings. The molecule has 16 heavy (non-hydrogen) atoms. The van der Waals surface area contributed by atoms with Gasteiger partial charge >= 0.3 is 12.1 Å². The van der Waals surface area contributed by atoms with Crippen molar-refractivity contribution in [3.8, 4) is 0 Å². The third-order valence-electron chi connectivity index (χ3n) is 2.20. The molecule has 0 aromatic heterocycles. The molecule has 1 N–H and O–H groups in total. The number of hydrogen-bond donors (Lipinski definition) is 1. The molecule has 0 unspecified atom stereocenters. The molecule has 0 atom stereocenters. The van der Waals surface area contributed by atoms with Crippen molar-refractivity contribution in [2.24, 2.45) is 0 Å². The van der Waals surface area contributed by atoms with Crippen LogP contribution in [0.15, 0.2) is 24.3 Å². The summed E-state index contributed by atoms with van der Waals surface area (Å²) in [5.74, 6) is -1.90. The number of halogens is 3. The minimum Gasteiger partial charge on any atom is -0.344 e. The fourth-order valence-electron chi connectivity index (χ4n) is 1.35. The molecule has 0 spiro atoms. The minimum atomic E-state index is -4.82. The van der Waals surface area contributed by atoms with E-state index in [0.29, 0.717) is 5.56 Å². The Morgan fingerprint density at radius 3 is 2.31 bits per heavy atom. The summed E-state index contributed by atoms with van der Waals surface area (Å²) in [5.41, 5.74) is 1.65. The molecule has 0 heterocycles. The van der Waals surface area contributed by atoms with E-state index < -0.39 is 12.1 Å². The molecule has 0 aliphatic heterocycles. The van der Waals surface area contributed by atoms with Gasteiger partial charge in [-0.3, -0.25) is 4.79 Å². The van der Waals surface area contributed by atoms with Crippen LogP contribution in [0.4, 0.5) is 13.2 Å².